The molecule has 2 rings (SSSR count). The molecule has 1 fully saturated rings. The van der Waals surface area contributed by atoms with E-state index in [1.807, 2.05) is 6.92 Å². The maximum Gasteiger partial charge on any atom is 0.226 e. The lowest BCUT2D eigenvalue weighted by molar-refractivity contribution is -0.138. The Labute approximate surface area is 123 Å². The zero-order valence-corrected chi connectivity index (χ0v) is 12.1. The lowest BCUT2D eigenvalue weighted by Gasteiger charge is -2.30. The Kier molecular flexibility index (Phi) is 4.77. The molecular formula is C15H20FN3O2. The van der Waals surface area contributed by atoms with Crippen LogP contribution in [0.25, 0.3) is 0 Å². The van der Waals surface area contributed by atoms with E-state index in [4.69, 9.17) is 5.73 Å². The third-order valence-electron chi connectivity index (χ3n) is 3.69. The van der Waals surface area contributed by atoms with Crippen molar-refractivity contribution in [1.29, 1.82) is 0 Å². The largest absolute Gasteiger partial charge is 0.396 e. The zero-order valence-electron chi connectivity index (χ0n) is 12.1. The van der Waals surface area contributed by atoms with Crippen molar-refractivity contribution < 1.29 is 14.0 Å². The van der Waals surface area contributed by atoms with Gasteiger partial charge in [0.2, 0.25) is 11.8 Å². The molecule has 3 N–H and O–H groups in total. The van der Waals surface area contributed by atoms with E-state index in [0.29, 0.717) is 18.8 Å². The van der Waals surface area contributed by atoms with Crippen LogP contribution in [0.5, 0.6) is 0 Å². The Morgan fingerprint density at radius 3 is 3.00 bits per heavy atom. The van der Waals surface area contributed by atoms with Crippen LogP contribution in [0, 0.1) is 11.7 Å². The van der Waals surface area contributed by atoms with E-state index in [0.717, 1.165) is 12.8 Å². The third-order valence-corrected chi connectivity index (χ3v) is 3.69. The van der Waals surface area contributed by atoms with Gasteiger partial charge in [-0.3, -0.25) is 9.59 Å². The number of carbonyl (C=O) groups is 2. The van der Waals surface area contributed by atoms with Gasteiger partial charge in [0, 0.05) is 31.1 Å². The van der Waals surface area contributed by atoms with Gasteiger partial charge >= 0.3 is 0 Å². The molecule has 0 spiro atoms. The monoisotopic (exact) mass is 293 g/mol. The fourth-order valence-electron chi connectivity index (χ4n) is 2.44. The second kappa shape index (κ2) is 6.56. The molecule has 0 bridgehead atoms. The number of nitrogens with one attached hydrogen (secondary N) is 1. The normalized spacial score (nSPS) is 18.7. The van der Waals surface area contributed by atoms with Gasteiger partial charge in [-0.25, -0.2) is 4.39 Å². The number of halogens is 1. The minimum atomic E-state index is -0.513. The van der Waals surface area contributed by atoms with Crippen molar-refractivity contribution in [2.75, 3.05) is 24.1 Å². The summed E-state index contributed by atoms with van der Waals surface area (Å²) in [6.07, 6.45) is 2.11. The number of likely N-dealkylation sites (tertiary alicyclic amines) is 1. The minimum Gasteiger partial charge on any atom is -0.396 e. The summed E-state index contributed by atoms with van der Waals surface area (Å²) in [7, 11) is 0. The summed E-state index contributed by atoms with van der Waals surface area (Å²) in [6, 6.07) is 4.04. The molecule has 1 heterocycles. The molecular weight excluding hydrogens is 273 g/mol. The van der Waals surface area contributed by atoms with Gasteiger partial charge in [0.15, 0.2) is 0 Å². The molecule has 5 nitrogen and oxygen atoms in total. The fraction of sp³-hybridized carbons (Fsp3) is 0.467. The van der Waals surface area contributed by atoms with E-state index in [2.05, 4.69) is 5.32 Å². The van der Waals surface area contributed by atoms with Crippen LogP contribution in [0.3, 0.4) is 0 Å². The van der Waals surface area contributed by atoms with Crippen molar-refractivity contribution in [3.8, 4) is 0 Å². The molecule has 2 amide bonds. The summed E-state index contributed by atoms with van der Waals surface area (Å²) in [5.41, 5.74) is 5.89. The van der Waals surface area contributed by atoms with Gasteiger partial charge in [0.25, 0.3) is 0 Å². The van der Waals surface area contributed by atoms with Crippen LogP contribution in [-0.4, -0.2) is 29.8 Å². The zero-order chi connectivity index (χ0) is 15.4. The van der Waals surface area contributed by atoms with E-state index in [9.17, 15) is 14.0 Å². The van der Waals surface area contributed by atoms with Crippen LogP contribution in [0.4, 0.5) is 15.8 Å². The first-order valence-corrected chi connectivity index (χ1v) is 7.11. The number of amides is 2. The summed E-state index contributed by atoms with van der Waals surface area (Å²) in [6.45, 7) is 3.03. The molecule has 0 radical (unpaired) electrons. The van der Waals surface area contributed by atoms with E-state index in [-0.39, 0.29) is 29.8 Å². The number of anilines is 2. The number of rotatable bonds is 4. The molecule has 1 saturated heterocycles. The standard InChI is InChI=1S/C15H20FN3O2/c1-10-3-2-7-19(15(10)21)8-6-14(20)18-11-4-5-12(16)13(17)9-11/h4-5,9-10H,2-3,6-8,17H2,1H3,(H,18,20). The Balaban J connectivity index is 1.84. The highest BCUT2D eigenvalue weighted by molar-refractivity contribution is 5.91. The second-order valence-corrected chi connectivity index (χ2v) is 5.40. The number of nitrogens with zero attached hydrogens (tertiary/aromatic N) is 1. The van der Waals surface area contributed by atoms with Crippen LogP contribution in [0.2, 0.25) is 0 Å². The summed E-state index contributed by atoms with van der Waals surface area (Å²) in [5.74, 6) is -0.577. The number of hydrogen-bond donors (Lipinski definition) is 2. The highest BCUT2D eigenvalue weighted by atomic mass is 19.1. The number of nitrogens with two attached hydrogens (primary N) is 1. The lowest BCUT2D eigenvalue weighted by Crippen LogP contribution is -2.41. The average Bonchev–Trinajstić information content (AvgIpc) is 2.44. The summed E-state index contributed by atoms with van der Waals surface area (Å²) in [4.78, 5) is 25.5. The van der Waals surface area contributed by atoms with E-state index in [1.165, 1.54) is 18.2 Å². The number of hydrogen-bond acceptors (Lipinski definition) is 3. The first-order chi connectivity index (χ1) is 9.97. The minimum absolute atomic E-state index is 0.00664. The predicted octanol–water partition coefficient (Wildman–Crippen LogP) is 1.99. The van der Waals surface area contributed by atoms with Gasteiger partial charge in [0.05, 0.1) is 5.69 Å². The Hall–Kier alpha value is -2.11. The highest BCUT2D eigenvalue weighted by Gasteiger charge is 2.25. The molecule has 1 atom stereocenters. The maximum atomic E-state index is 13.0. The van der Waals surface area contributed by atoms with Crippen LogP contribution in [0.15, 0.2) is 18.2 Å². The van der Waals surface area contributed by atoms with Crippen molar-refractivity contribution in [3.05, 3.63) is 24.0 Å². The number of carbonyl (C=O) groups excluding carboxylic acids is 2. The molecule has 0 aromatic heterocycles. The average molecular weight is 293 g/mol. The molecule has 1 aliphatic rings. The molecule has 1 aromatic carbocycles. The van der Waals surface area contributed by atoms with E-state index in [1.54, 1.807) is 4.90 Å². The van der Waals surface area contributed by atoms with Crippen molar-refractivity contribution in [2.24, 2.45) is 5.92 Å². The molecule has 0 aliphatic carbocycles. The van der Waals surface area contributed by atoms with Gasteiger partial charge in [-0.05, 0) is 31.0 Å². The number of piperidine rings is 1. The summed E-state index contributed by atoms with van der Waals surface area (Å²) >= 11 is 0. The summed E-state index contributed by atoms with van der Waals surface area (Å²) in [5, 5.41) is 2.65. The second-order valence-electron chi connectivity index (χ2n) is 5.40. The van der Waals surface area contributed by atoms with Crippen molar-refractivity contribution in [1.82, 2.24) is 4.90 Å². The van der Waals surface area contributed by atoms with Crippen molar-refractivity contribution in [2.45, 2.75) is 26.2 Å². The lowest BCUT2D eigenvalue weighted by atomic mass is 9.99. The van der Waals surface area contributed by atoms with E-state index >= 15 is 0 Å². The molecule has 1 aliphatic heterocycles. The van der Waals surface area contributed by atoms with Gasteiger partial charge in [-0.2, -0.15) is 0 Å². The Bertz CT molecular complexity index is 548. The maximum absolute atomic E-state index is 13.0. The number of nitrogen functional groups attached to an aromatic ring is 1. The fourth-order valence-corrected chi connectivity index (χ4v) is 2.44. The van der Waals surface area contributed by atoms with Crippen molar-refractivity contribution in [3.63, 3.8) is 0 Å². The van der Waals surface area contributed by atoms with Gasteiger partial charge < -0.3 is 16.0 Å². The third kappa shape index (κ3) is 3.93. The topological polar surface area (TPSA) is 75.4 Å². The molecule has 1 unspecified atom stereocenters. The summed E-state index contributed by atoms with van der Waals surface area (Å²) < 4.78 is 13.0. The highest BCUT2D eigenvalue weighted by Crippen LogP contribution is 2.18. The SMILES string of the molecule is CC1CCCN(CCC(=O)Nc2ccc(F)c(N)c2)C1=O. The number of benzene rings is 1. The van der Waals surface area contributed by atoms with Gasteiger partial charge in [-0.15, -0.1) is 0 Å². The Morgan fingerprint density at radius 2 is 2.29 bits per heavy atom. The smallest absolute Gasteiger partial charge is 0.226 e. The van der Waals surface area contributed by atoms with Crippen molar-refractivity contribution >= 4 is 23.2 Å². The molecule has 0 saturated carbocycles. The molecule has 6 heteroatoms. The van der Waals surface area contributed by atoms with E-state index < -0.39 is 5.82 Å². The first kappa shape index (κ1) is 15.3. The predicted molar refractivity (Wildman–Crippen MR) is 79.0 cm³/mol. The molecule has 21 heavy (non-hydrogen) atoms. The van der Waals surface area contributed by atoms with Crippen LogP contribution >= 0.6 is 0 Å². The Morgan fingerprint density at radius 1 is 1.52 bits per heavy atom. The van der Waals surface area contributed by atoms with Gasteiger partial charge in [0.1, 0.15) is 5.82 Å². The molecule has 114 valence electrons. The van der Waals surface area contributed by atoms with Crippen LogP contribution < -0.4 is 11.1 Å². The van der Waals surface area contributed by atoms with Crippen LogP contribution in [0.1, 0.15) is 26.2 Å². The quantitative estimate of drug-likeness (QED) is 0.834. The van der Waals surface area contributed by atoms with Crippen LogP contribution in [-0.2, 0) is 9.59 Å². The molecule has 1 aromatic rings. The first-order valence-electron chi connectivity index (χ1n) is 7.11. The van der Waals surface area contributed by atoms with Gasteiger partial charge in [-0.1, -0.05) is 6.92 Å².